The van der Waals surface area contributed by atoms with Gasteiger partial charge in [0.1, 0.15) is 5.54 Å². The van der Waals surface area contributed by atoms with Gasteiger partial charge in [-0.2, -0.15) is 43.5 Å². The predicted octanol–water partition coefficient (Wildman–Crippen LogP) is 6.50. The van der Waals surface area contributed by atoms with E-state index in [1.807, 2.05) is 5.32 Å². The van der Waals surface area contributed by atoms with Gasteiger partial charge in [0.25, 0.3) is 0 Å². The number of carboxylic acid groups (broad SMARTS) is 1. The zero-order valence-corrected chi connectivity index (χ0v) is 27.5. The number of unbranched alkanes of at least 4 members (excludes halogenated alkanes) is 5. The molecule has 0 spiro atoms. The lowest BCUT2D eigenvalue weighted by atomic mass is 9.74. The number of alkyl halides is 9. The molecule has 0 saturated heterocycles. The number of carboxylic acids is 1. The Morgan fingerprint density at radius 3 is 2.00 bits per heavy atom. The van der Waals surface area contributed by atoms with E-state index < -0.39 is 86.4 Å². The second-order valence-electron chi connectivity index (χ2n) is 10.6. The Bertz CT molecular complexity index is 1200. The lowest BCUT2D eigenvalue weighted by molar-refractivity contribution is -0.456. The van der Waals surface area contributed by atoms with Crippen molar-refractivity contribution in [2.45, 2.75) is 117 Å². The van der Waals surface area contributed by atoms with Crippen LogP contribution in [0.4, 0.5) is 39.9 Å². The van der Waals surface area contributed by atoms with Gasteiger partial charge in [0.05, 0.1) is 19.0 Å². The summed E-state index contributed by atoms with van der Waals surface area (Å²) in [6.45, 7) is 4.48. The molecule has 0 aromatic carbocycles. The summed E-state index contributed by atoms with van der Waals surface area (Å²) >= 11 is 1.34. The summed E-state index contributed by atoms with van der Waals surface area (Å²) in [5.41, 5.74) is -2.12. The number of hydrogen-bond donors (Lipinski definition) is 2. The van der Waals surface area contributed by atoms with Crippen LogP contribution in [0.25, 0.3) is 0 Å². The second kappa shape index (κ2) is 16.4. The summed E-state index contributed by atoms with van der Waals surface area (Å²) in [5, 5.41) is 3.88. The molecular weight excluding hydrogens is 785 g/mol. The summed E-state index contributed by atoms with van der Waals surface area (Å²) in [6, 6.07) is 0. The van der Waals surface area contributed by atoms with Gasteiger partial charge in [-0.15, -0.1) is 0 Å². The lowest BCUT2D eigenvalue weighted by Gasteiger charge is -2.44. The van der Waals surface area contributed by atoms with E-state index in [4.69, 9.17) is 5.11 Å². The van der Waals surface area contributed by atoms with Crippen LogP contribution in [0.15, 0.2) is 12.3 Å². The van der Waals surface area contributed by atoms with Crippen LogP contribution in [-0.4, -0.2) is 77.6 Å². The molecule has 1 fully saturated rings. The van der Waals surface area contributed by atoms with Crippen LogP contribution in [0.2, 0.25) is 0 Å². The minimum atomic E-state index is -6.90. The van der Waals surface area contributed by atoms with E-state index in [1.165, 1.54) is 29.5 Å². The van der Waals surface area contributed by atoms with E-state index in [-0.39, 0.29) is 25.0 Å². The predicted molar refractivity (Wildman–Crippen MR) is 150 cm³/mol. The van der Waals surface area contributed by atoms with Gasteiger partial charge in [0.2, 0.25) is 0 Å². The standard InChI is InChI=1S/C25H34F8INO10S/c1-15(2)43-20(39)35-21(19(38)42-3)13-17(14-21)44-46(40,41)25(32,33)24(30,31)45-23(28,29)22(26,27)12-16(34)10-8-6-4-5-7-9-11-18(36)37/h16-17H,1,4-14H2,2-3H3,(H,35,39)(H,36,37)/t16?,17-,21+. The molecule has 1 saturated carbocycles. The maximum Gasteiger partial charge on any atom is 0.460 e. The fourth-order valence-electron chi connectivity index (χ4n) is 4.21. The van der Waals surface area contributed by atoms with Gasteiger partial charge in [-0.1, -0.05) is 61.3 Å². The third-order valence-corrected chi connectivity index (χ3v) is 9.02. The van der Waals surface area contributed by atoms with E-state index in [0.29, 0.717) is 32.1 Å². The molecule has 46 heavy (non-hydrogen) atoms. The highest BCUT2D eigenvalue weighted by Gasteiger charge is 2.75. The van der Waals surface area contributed by atoms with E-state index in [9.17, 15) is 57.9 Å². The Morgan fingerprint density at radius 2 is 1.50 bits per heavy atom. The second-order valence-corrected chi connectivity index (χ2v) is 14.0. The van der Waals surface area contributed by atoms with Crippen molar-refractivity contribution in [3.63, 3.8) is 0 Å². The number of allylic oxidation sites excluding steroid dienone is 1. The molecule has 2 N–H and O–H groups in total. The van der Waals surface area contributed by atoms with Crippen LogP contribution >= 0.6 is 22.6 Å². The molecule has 0 bridgehead atoms. The first-order valence-corrected chi connectivity index (χ1v) is 16.2. The van der Waals surface area contributed by atoms with Crippen molar-refractivity contribution in [2.75, 3.05) is 7.11 Å². The topological polar surface area (TPSA) is 155 Å². The molecule has 1 aliphatic rings. The first-order chi connectivity index (χ1) is 20.8. The van der Waals surface area contributed by atoms with Gasteiger partial charge in [-0.25, -0.2) is 14.3 Å². The molecule has 1 atom stereocenters. The summed E-state index contributed by atoms with van der Waals surface area (Å²) in [5.74, 6) is -7.81. The van der Waals surface area contributed by atoms with Crippen molar-refractivity contribution in [2.24, 2.45) is 0 Å². The molecule has 11 nitrogen and oxygen atoms in total. The molecule has 1 amide bonds. The smallest absolute Gasteiger partial charge is 0.460 e. The summed E-state index contributed by atoms with van der Waals surface area (Å²) in [7, 11) is -6.07. The van der Waals surface area contributed by atoms with E-state index in [1.54, 1.807) is 0 Å². The highest BCUT2D eigenvalue weighted by Crippen LogP contribution is 2.50. The number of hydrogen-bond acceptors (Lipinski definition) is 9. The number of methoxy groups -OCH3 is 1. The van der Waals surface area contributed by atoms with E-state index >= 15 is 0 Å². The lowest BCUT2D eigenvalue weighted by Crippen LogP contribution is -2.66. The minimum Gasteiger partial charge on any atom is -0.481 e. The van der Waals surface area contributed by atoms with Gasteiger partial charge in [-0.3, -0.25) is 8.98 Å². The average Bonchev–Trinajstić information content (AvgIpc) is 2.86. The highest BCUT2D eigenvalue weighted by atomic mass is 127. The van der Waals surface area contributed by atoms with Gasteiger partial charge in [-0.05, 0) is 19.8 Å². The first kappa shape index (κ1) is 42.0. The fraction of sp³-hybridized carbons (Fsp3) is 0.800. The third-order valence-electron chi connectivity index (χ3n) is 6.57. The van der Waals surface area contributed by atoms with Crippen molar-refractivity contribution in [3.05, 3.63) is 12.3 Å². The molecule has 1 unspecified atom stereocenters. The highest BCUT2D eigenvalue weighted by molar-refractivity contribution is 14.1. The van der Waals surface area contributed by atoms with Gasteiger partial charge in [0.15, 0.2) is 0 Å². The quantitative estimate of drug-likeness (QED) is 0.0250. The molecule has 0 aromatic rings. The van der Waals surface area contributed by atoms with Crippen molar-refractivity contribution >= 4 is 50.7 Å². The van der Waals surface area contributed by atoms with Crippen molar-refractivity contribution in [1.29, 1.82) is 0 Å². The Kier molecular flexibility index (Phi) is 15.0. The van der Waals surface area contributed by atoms with Crippen LogP contribution in [0, 0.1) is 0 Å². The Hall–Kier alpha value is -2.01. The van der Waals surface area contributed by atoms with Gasteiger partial charge >= 0.3 is 51.5 Å². The van der Waals surface area contributed by atoms with E-state index in [0.717, 1.165) is 7.11 Å². The average molecular weight is 819 g/mol. The molecule has 0 heterocycles. The number of halogens is 9. The maximum atomic E-state index is 14.4. The Labute approximate surface area is 273 Å². The summed E-state index contributed by atoms with van der Waals surface area (Å²) < 4.78 is 153. The number of rotatable bonds is 21. The first-order valence-electron chi connectivity index (χ1n) is 13.6. The molecule has 21 heteroatoms. The van der Waals surface area contributed by atoms with Gasteiger partial charge in [0, 0.05) is 29.6 Å². The molecule has 268 valence electrons. The monoisotopic (exact) mass is 819 g/mol. The van der Waals surface area contributed by atoms with Gasteiger partial charge < -0.3 is 19.9 Å². The zero-order valence-electron chi connectivity index (χ0n) is 24.6. The number of esters is 1. The number of carbonyl (C=O) groups excluding carboxylic acids is 2. The number of nitrogens with one attached hydrogen (secondary N) is 1. The van der Waals surface area contributed by atoms with Crippen molar-refractivity contribution in [3.8, 4) is 0 Å². The van der Waals surface area contributed by atoms with E-state index in [2.05, 4.69) is 25.0 Å². The fourth-order valence-corrected chi connectivity index (χ4v) is 6.15. The van der Waals surface area contributed by atoms with Crippen molar-refractivity contribution in [1.82, 2.24) is 5.32 Å². The number of ether oxygens (including phenoxy) is 3. The zero-order chi connectivity index (χ0) is 35.8. The number of alkyl carbamates (subject to hydrolysis) is 1. The molecule has 1 rings (SSSR count). The van der Waals surface area contributed by atoms with Crippen LogP contribution in [0.1, 0.15) is 77.6 Å². The van der Waals surface area contributed by atoms with Crippen LogP contribution < -0.4 is 5.32 Å². The molecule has 0 radical (unpaired) electrons. The molecule has 0 aromatic heterocycles. The molecule has 1 aliphatic carbocycles. The number of carbonyl (C=O) groups is 3. The summed E-state index contributed by atoms with van der Waals surface area (Å²) in [4.78, 5) is 34.4. The van der Waals surface area contributed by atoms with Crippen LogP contribution in [-0.2, 0) is 38.1 Å². The van der Waals surface area contributed by atoms with Crippen molar-refractivity contribution < 1.29 is 81.4 Å². The number of amides is 1. The van der Waals surface area contributed by atoms with Crippen LogP contribution in [0.3, 0.4) is 0 Å². The molecule has 0 aliphatic heterocycles. The minimum absolute atomic E-state index is 0.0170. The maximum absolute atomic E-state index is 14.4. The third kappa shape index (κ3) is 11.3. The Morgan fingerprint density at radius 1 is 0.978 bits per heavy atom. The normalized spacial score (nSPS) is 19.9. The van der Waals surface area contributed by atoms with Crippen LogP contribution in [0.5, 0.6) is 0 Å². The number of aliphatic carboxylic acids is 1. The summed E-state index contributed by atoms with van der Waals surface area (Å²) in [6.07, 6.45) is -17.2. The SMILES string of the molecule is C=C(C)OC(=O)N[C@]1(C(=O)OC)C[C@H](OS(=O)(=O)C(F)(F)C(F)(F)OC(F)(F)C(F)(F)CC(I)CCCCCCCCC(=O)O)C1. The molecular formula is C25H34F8INO10S. The Balaban J connectivity index is 2.83. The largest absolute Gasteiger partial charge is 0.481 e.